The van der Waals surface area contributed by atoms with E-state index in [1.54, 1.807) is 0 Å². The number of nitrogens with two attached hydrogens (primary N) is 1. The minimum Gasteiger partial charge on any atom is -0.394 e. The Labute approximate surface area is 110 Å². The molecule has 1 aliphatic rings. The Bertz CT molecular complexity index is 256. The monoisotopic (exact) mass is 256 g/mol. The van der Waals surface area contributed by atoms with Crippen molar-refractivity contribution in [2.75, 3.05) is 13.2 Å². The molecule has 0 heterocycles. The van der Waals surface area contributed by atoms with Gasteiger partial charge in [-0.2, -0.15) is 0 Å². The Morgan fingerprint density at radius 1 is 1.33 bits per heavy atom. The van der Waals surface area contributed by atoms with E-state index < -0.39 is 5.54 Å². The van der Waals surface area contributed by atoms with E-state index in [2.05, 4.69) is 5.32 Å². The van der Waals surface area contributed by atoms with Gasteiger partial charge in [-0.25, -0.2) is 0 Å². The summed E-state index contributed by atoms with van der Waals surface area (Å²) in [5, 5.41) is 12.6. The lowest BCUT2D eigenvalue weighted by Gasteiger charge is -2.36. The van der Waals surface area contributed by atoms with Crippen molar-refractivity contribution in [2.24, 2.45) is 17.6 Å². The van der Waals surface area contributed by atoms with Crippen molar-refractivity contribution in [1.82, 2.24) is 5.32 Å². The van der Waals surface area contributed by atoms with Crippen molar-refractivity contribution < 1.29 is 9.90 Å². The van der Waals surface area contributed by atoms with Gasteiger partial charge in [0, 0.05) is 5.92 Å². The molecule has 1 aliphatic carbocycles. The number of aliphatic hydroxyl groups excluding tert-OH is 1. The summed E-state index contributed by atoms with van der Waals surface area (Å²) in [6.45, 7) is 4.59. The molecule has 1 amide bonds. The molecule has 0 bridgehead atoms. The van der Waals surface area contributed by atoms with Crippen molar-refractivity contribution in [3.63, 3.8) is 0 Å². The maximum atomic E-state index is 12.4. The average Bonchev–Trinajstić information content (AvgIpc) is 2.44. The van der Waals surface area contributed by atoms with Crippen LogP contribution in [0.25, 0.3) is 0 Å². The molecule has 0 saturated heterocycles. The van der Waals surface area contributed by atoms with Crippen LogP contribution in [0, 0.1) is 11.8 Å². The standard InChI is InChI=1S/C14H28N2O2/c1-3-14(4-2,10-17)16-13(18)12-8-6-5-7-11(12)9-15/h11-12,17H,3-10,15H2,1-2H3,(H,16,18). The summed E-state index contributed by atoms with van der Waals surface area (Å²) >= 11 is 0. The first-order valence-electron chi connectivity index (χ1n) is 7.25. The molecule has 4 nitrogen and oxygen atoms in total. The lowest BCUT2D eigenvalue weighted by Crippen LogP contribution is -2.54. The molecular weight excluding hydrogens is 228 g/mol. The SMILES string of the molecule is CCC(CC)(CO)NC(=O)C1CCCCC1CN. The third-order valence-electron chi connectivity index (χ3n) is 4.59. The number of carbonyl (C=O) groups excluding carboxylic acids is 1. The fourth-order valence-corrected chi connectivity index (χ4v) is 2.88. The second-order valence-electron chi connectivity index (χ2n) is 5.52. The highest BCUT2D eigenvalue weighted by atomic mass is 16.3. The Morgan fingerprint density at radius 3 is 2.44 bits per heavy atom. The van der Waals surface area contributed by atoms with E-state index in [-0.39, 0.29) is 18.4 Å². The number of hydrogen-bond donors (Lipinski definition) is 3. The van der Waals surface area contributed by atoms with Crippen LogP contribution in [-0.2, 0) is 4.79 Å². The van der Waals surface area contributed by atoms with Gasteiger partial charge in [-0.05, 0) is 38.1 Å². The van der Waals surface area contributed by atoms with E-state index in [4.69, 9.17) is 5.73 Å². The molecule has 106 valence electrons. The van der Waals surface area contributed by atoms with Gasteiger partial charge in [0.25, 0.3) is 0 Å². The number of carbonyl (C=O) groups is 1. The average molecular weight is 256 g/mol. The summed E-state index contributed by atoms with van der Waals surface area (Å²) in [6, 6.07) is 0. The molecule has 1 fully saturated rings. The van der Waals surface area contributed by atoms with Gasteiger partial charge >= 0.3 is 0 Å². The Balaban J connectivity index is 2.67. The molecule has 1 saturated carbocycles. The molecule has 1 rings (SSSR count). The van der Waals surface area contributed by atoms with Crippen molar-refractivity contribution in [3.8, 4) is 0 Å². The molecule has 2 atom stereocenters. The molecule has 4 heteroatoms. The summed E-state index contributed by atoms with van der Waals surface area (Å²) in [6.07, 6.45) is 5.79. The summed E-state index contributed by atoms with van der Waals surface area (Å²) in [5.74, 6) is 0.430. The summed E-state index contributed by atoms with van der Waals surface area (Å²) in [7, 11) is 0. The van der Waals surface area contributed by atoms with E-state index in [1.807, 2.05) is 13.8 Å². The van der Waals surface area contributed by atoms with E-state index in [0.717, 1.165) is 32.1 Å². The van der Waals surface area contributed by atoms with Crippen LogP contribution in [0.1, 0.15) is 52.4 Å². The van der Waals surface area contributed by atoms with E-state index >= 15 is 0 Å². The predicted octanol–water partition coefficient (Wildman–Crippen LogP) is 1.42. The van der Waals surface area contributed by atoms with Gasteiger partial charge in [0.05, 0.1) is 12.1 Å². The highest BCUT2D eigenvalue weighted by molar-refractivity contribution is 5.80. The lowest BCUT2D eigenvalue weighted by molar-refractivity contribution is -0.130. The van der Waals surface area contributed by atoms with Crippen LogP contribution in [0.4, 0.5) is 0 Å². The second-order valence-corrected chi connectivity index (χ2v) is 5.52. The number of aliphatic hydroxyl groups is 1. The molecule has 0 spiro atoms. The van der Waals surface area contributed by atoms with Crippen molar-refractivity contribution >= 4 is 5.91 Å². The van der Waals surface area contributed by atoms with Crippen LogP contribution < -0.4 is 11.1 Å². The number of amides is 1. The fourth-order valence-electron chi connectivity index (χ4n) is 2.88. The molecule has 0 aromatic rings. The first-order valence-corrected chi connectivity index (χ1v) is 7.25. The van der Waals surface area contributed by atoms with Crippen molar-refractivity contribution in [2.45, 2.75) is 57.9 Å². The van der Waals surface area contributed by atoms with Crippen LogP contribution in [0.15, 0.2) is 0 Å². The quantitative estimate of drug-likeness (QED) is 0.673. The van der Waals surface area contributed by atoms with Gasteiger partial charge in [0.2, 0.25) is 5.91 Å². The van der Waals surface area contributed by atoms with Gasteiger partial charge in [0.15, 0.2) is 0 Å². The zero-order valence-corrected chi connectivity index (χ0v) is 11.7. The van der Waals surface area contributed by atoms with Crippen LogP contribution >= 0.6 is 0 Å². The normalized spacial score (nSPS) is 24.9. The Kier molecular flexibility index (Phi) is 6.09. The van der Waals surface area contributed by atoms with Crippen LogP contribution in [0.2, 0.25) is 0 Å². The zero-order valence-electron chi connectivity index (χ0n) is 11.7. The molecule has 2 unspecified atom stereocenters. The Hall–Kier alpha value is -0.610. The van der Waals surface area contributed by atoms with Crippen LogP contribution in [0.3, 0.4) is 0 Å². The molecule has 0 aromatic carbocycles. The minimum absolute atomic E-state index is 0.00571. The molecule has 0 aromatic heterocycles. The predicted molar refractivity (Wildman–Crippen MR) is 73.0 cm³/mol. The lowest BCUT2D eigenvalue weighted by atomic mass is 9.78. The maximum absolute atomic E-state index is 12.4. The highest BCUT2D eigenvalue weighted by Crippen LogP contribution is 2.30. The summed E-state index contributed by atoms with van der Waals surface area (Å²) < 4.78 is 0. The zero-order chi connectivity index (χ0) is 13.6. The molecular formula is C14H28N2O2. The van der Waals surface area contributed by atoms with Gasteiger partial charge in [0.1, 0.15) is 0 Å². The third kappa shape index (κ3) is 3.45. The van der Waals surface area contributed by atoms with Gasteiger partial charge < -0.3 is 16.2 Å². The van der Waals surface area contributed by atoms with Gasteiger partial charge in [-0.15, -0.1) is 0 Å². The van der Waals surface area contributed by atoms with Crippen LogP contribution in [0.5, 0.6) is 0 Å². The minimum atomic E-state index is -0.451. The van der Waals surface area contributed by atoms with Crippen molar-refractivity contribution in [1.29, 1.82) is 0 Å². The van der Waals surface area contributed by atoms with E-state index in [9.17, 15) is 9.90 Å². The molecule has 0 radical (unpaired) electrons. The number of hydrogen-bond acceptors (Lipinski definition) is 3. The third-order valence-corrected chi connectivity index (χ3v) is 4.59. The second kappa shape index (κ2) is 7.10. The molecule has 18 heavy (non-hydrogen) atoms. The highest BCUT2D eigenvalue weighted by Gasteiger charge is 2.34. The van der Waals surface area contributed by atoms with E-state index in [0.29, 0.717) is 12.5 Å². The fraction of sp³-hybridized carbons (Fsp3) is 0.929. The molecule has 0 aliphatic heterocycles. The topological polar surface area (TPSA) is 75.3 Å². The van der Waals surface area contributed by atoms with Gasteiger partial charge in [-0.1, -0.05) is 26.7 Å². The Morgan fingerprint density at radius 2 is 1.94 bits per heavy atom. The summed E-state index contributed by atoms with van der Waals surface area (Å²) in [4.78, 5) is 12.4. The summed E-state index contributed by atoms with van der Waals surface area (Å²) in [5.41, 5.74) is 5.31. The van der Waals surface area contributed by atoms with E-state index in [1.165, 1.54) is 6.42 Å². The van der Waals surface area contributed by atoms with Gasteiger partial charge in [-0.3, -0.25) is 4.79 Å². The molecule has 4 N–H and O–H groups in total. The van der Waals surface area contributed by atoms with Crippen LogP contribution in [-0.4, -0.2) is 29.7 Å². The number of nitrogens with one attached hydrogen (secondary N) is 1. The maximum Gasteiger partial charge on any atom is 0.223 e. The smallest absolute Gasteiger partial charge is 0.223 e. The number of rotatable bonds is 6. The van der Waals surface area contributed by atoms with Crippen molar-refractivity contribution in [3.05, 3.63) is 0 Å². The first-order chi connectivity index (χ1) is 8.62. The first kappa shape index (κ1) is 15.4. The largest absolute Gasteiger partial charge is 0.394 e.